The number of para-hydroxylation sites is 2. The van der Waals surface area contributed by atoms with E-state index < -0.39 is 5.54 Å². The number of ether oxygens (including phenoxy) is 4. The number of rotatable bonds is 11. The lowest BCUT2D eigenvalue weighted by atomic mass is 9.79. The van der Waals surface area contributed by atoms with Gasteiger partial charge in [-0.1, -0.05) is 74.9 Å². The van der Waals surface area contributed by atoms with Gasteiger partial charge in [-0.15, -0.1) is 0 Å². The molecular formula is C49H58N6O5. The Morgan fingerprint density at radius 1 is 0.667 bits per heavy atom. The third-order valence-electron chi connectivity index (χ3n) is 13.5. The van der Waals surface area contributed by atoms with E-state index in [9.17, 15) is 4.79 Å². The number of nitrogens with zero attached hydrogens (tertiary/aromatic N) is 5. The van der Waals surface area contributed by atoms with Crippen LogP contribution in [0.3, 0.4) is 0 Å². The second kappa shape index (κ2) is 16.5. The van der Waals surface area contributed by atoms with Gasteiger partial charge in [0.25, 0.3) is 0 Å². The molecule has 0 bridgehead atoms. The van der Waals surface area contributed by atoms with Crippen LogP contribution in [0.25, 0.3) is 21.8 Å². The fraction of sp³-hybridized carbons (Fsp3) is 0.449. The van der Waals surface area contributed by atoms with Crippen molar-refractivity contribution in [3.63, 3.8) is 0 Å². The fourth-order valence-corrected chi connectivity index (χ4v) is 10.6. The summed E-state index contributed by atoms with van der Waals surface area (Å²) in [5, 5.41) is 5.59. The Morgan fingerprint density at radius 2 is 1.10 bits per heavy atom. The molecule has 0 radical (unpaired) electrons. The van der Waals surface area contributed by atoms with E-state index in [1.54, 1.807) is 14.2 Å². The van der Waals surface area contributed by atoms with Crippen LogP contribution in [-0.2, 0) is 10.3 Å². The maximum atomic E-state index is 14.1. The summed E-state index contributed by atoms with van der Waals surface area (Å²) in [6, 6.07) is 16.9. The van der Waals surface area contributed by atoms with Crippen LogP contribution in [0.4, 0.5) is 0 Å². The number of aryl methyl sites for hydroxylation is 4. The lowest BCUT2D eigenvalue weighted by Crippen LogP contribution is -2.59. The van der Waals surface area contributed by atoms with Gasteiger partial charge in [0, 0.05) is 67.0 Å². The lowest BCUT2D eigenvalue weighted by Gasteiger charge is -2.46. The zero-order valence-electron chi connectivity index (χ0n) is 36.0. The minimum Gasteiger partial charge on any atom is -0.481 e. The Hall–Kier alpha value is -5.55. The van der Waals surface area contributed by atoms with Crippen molar-refractivity contribution in [3.8, 4) is 35.0 Å². The number of pyridine rings is 2. The van der Waals surface area contributed by atoms with Crippen molar-refractivity contribution in [1.29, 1.82) is 0 Å². The summed E-state index contributed by atoms with van der Waals surface area (Å²) >= 11 is 0. The van der Waals surface area contributed by atoms with Gasteiger partial charge >= 0.3 is 0 Å². The summed E-state index contributed by atoms with van der Waals surface area (Å²) in [6.07, 6.45) is 15.8. The normalized spacial score (nSPS) is 17.6. The summed E-state index contributed by atoms with van der Waals surface area (Å²) in [5.74, 6) is 4.07. The molecule has 5 heterocycles. The molecule has 6 aromatic rings. The van der Waals surface area contributed by atoms with Crippen LogP contribution in [0.15, 0.2) is 60.9 Å². The minimum absolute atomic E-state index is 0.152. The molecule has 11 heteroatoms. The van der Waals surface area contributed by atoms with E-state index in [-0.39, 0.29) is 12.1 Å². The smallest absolute Gasteiger partial charge is 0.215 e. The average Bonchev–Trinajstić information content (AvgIpc) is 3.78. The Kier molecular flexibility index (Phi) is 11.0. The molecule has 0 spiro atoms. The number of carbonyl (C=O) groups excluding carboxylic acids is 1. The number of piperazine rings is 1. The number of benzene rings is 2. The maximum Gasteiger partial charge on any atom is 0.215 e. The summed E-state index contributed by atoms with van der Waals surface area (Å²) < 4.78 is 31.5. The summed E-state index contributed by atoms with van der Waals surface area (Å²) in [4.78, 5) is 25.9. The topological polar surface area (TPSA) is 105 Å². The molecule has 3 fully saturated rings. The van der Waals surface area contributed by atoms with Crippen LogP contribution in [-0.4, -0.2) is 64.3 Å². The zero-order valence-corrected chi connectivity index (χ0v) is 36.0. The molecule has 9 rings (SSSR count). The van der Waals surface area contributed by atoms with E-state index in [1.165, 1.54) is 12.8 Å². The first kappa shape index (κ1) is 39.9. The molecule has 4 aromatic heterocycles. The van der Waals surface area contributed by atoms with Crippen molar-refractivity contribution in [2.45, 2.75) is 110 Å². The first-order chi connectivity index (χ1) is 29.3. The Balaban J connectivity index is 1.47. The Bertz CT molecular complexity index is 2340. The molecule has 2 saturated carbocycles. The van der Waals surface area contributed by atoms with Crippen molar-refractivity contribution < 1.29 is 23.7 Å². The van der Waals surface area contributed by atoms with E-state index in [1.807, 2.05) is 29.4 Å². The van der Waals surface area contributed by atoms with Crippen molar-refractivity contribution in [2.24, 2.45) is 0 Å². The molecule has 1 saturated heterocycles. The van der Waals surface area contributed by atoms with Crippen LogP contribution in [0.1, 0.15) is 110 Å². The molecule has 60 heavy (non-hydrogen) atoms. The summed E-state index contributed by atoms with van der Waals surface area (Å²) in [5.41, 5.74) is 6.63. The quantitative estimate of drug-likeness (QED) is 0.129. The number of carbonyl (C=O) groups is 1. The van der Waals surface area contributed by atoms with Gasteiger partial charge in [0.2, 0.25) is 29.9 Å². The highest BCUT2D eigenvalue weighted by Gasteiger charge is 2.52. The van der Waals surface area contributed by atoms with Crippen molar-refractivity contribution >= 4 is 28.2 Å². The third kappa shape index (κ3) is 6.65. The van der Waals surface area contributed by atoms with Gasteiger partial charge in [0.05, 0.1) is 36.4 Å². The molecule has 3 aliphatic rings. The number of methoxy groups -OCH3 is 2. The van der Waals surface area contributed by atoms with Crippen LogP contribution in [0, 0.1) is 27.7 Å². The predicted octanol–water partition coefficient (Wildman–Crippen LogP) is 10.5. The minimum atomic E-state index is -1.17. The SMILES string of the molecule is COc1cc2c(cn1)c(C1(c3c(Oc4c(C)cccc4C)n(C4CCCCC4)c4cc(OC)ncc34)CNCCN1C=O)c(Oc1c(C)cccc1C)n2C1CCCCC1. The molecule has 2 aromatic carbocycles. The van der Waals surface area contributed by atoms with E-state index in [0.717, 1.165) is 124 Å². The Labute approximate surface area is 353 Å². The van der Waals surface area contributed by atoms with Gasteiger partial charge in [0.1, 0.15) is 17.0 Å². The monoisotopic (exact) mass is 810 g/mol. The second-order valence-electron chi connectivity index (χ2n) is 17.2. The van der Waals surface area contributed by atoms with Gasteiger partial charge in [-0.05, 0) is 75.6 Å². The molecule has 0 unspecified atom stereocenters. The summed E-state index contributed by atoms with van der Waals surface area (Å²) in [7, 11) is 3.33. The number of aromatic nitrogens is 4. The number of fused-ring (bicyclic) bond motifs is 2. The predicted molar refractivity (Wildman–Crippen MR) is 235 cm³/mol. The van der Waals surface area contributed by atoms with Crippen molar-refractivity contribution in [1.82, 2.24) is 29.3 Å². The van der Waals surface area contributed by atoms with Crippen LogP contribution < -0.4 is 24.3 Å². The van der Waals surface area contributed by atoms with Gasteiger partial charge in [-0.3, -0.25) is 4.79 Å². The molecule has 1 amide bonds. The highest BCUT2D eigenvalue weighted by atomic mass is 16.5. The number of nitrogens with one attached hydrogen (secondary N) is 1. The van der Waals surface area contributed by atoms with Gasteiger partial charge in [0.15, 0.2) is 0 Å². The molecule has 1 aliphatic heterocycles. The van der Waals surface area contributed by atoms with Crippen molar-refractivity contribution in [2.75, 3.05) is 33.9 Å². The first-order valence-electron chi connectivity index (χ1n) is 21.9. The second-order valence-corrected chi connectivity index (χ2v) is 17.2. The van der Waals surface area contributed by atoms with Crippen molar-refractivity contribution in [3.05, 3.63) is 94.3 Å². The van der Waals surface area contributed by atoms with E-state index in [0.29, 0.717) is 43.2 Å². The molecule has 314 valence electrons. The van der Waals surface area contributed by atoms with Crippen LogP contribution in [0.2, 0.25) is 0 Å². The first-order valence-corrected chi connectivity index (χ1v) is 21.9. The standard InChI is InChI=1S/C49H58N6O5/c1-31-15-13-16-32(2)45(31)59-47-43(37-27-51-41(57-5)25-39(37)54(47)35-19-9-7-10-20-35)49(29-50-23-24-53(49)30-56)44-38-28-52-42(58-6)26-40(38)55(36-21-11-8-12-22-36)48(44)60-46-33(3)17-14-18-34(46)4/h13-18,25-28,30,35-36,50H,7-12,19-24,29H2,1-6H3. The highest BCUT2D eigenvalue weighted by Crippen LogP contribution is 2.56. The van der Waals surface area contributed by atoms with Gasteiger partial charge < -0.3 is 38.3 Å². The van der Waals surface area contributed by atoms with Crippen LogP contribution in [0.5, 0.6) is 35.0 Å². The van der Waals surface area contributed by atoms with E-state index in [2.05, 4.69) is 78.5 Å². The van der Waals surface area contributed by atoms with Gasteiger partial charge in [-0.2, -0.15) is 0 Å². The zero-order chi connectivity index (χ0) is 41.5. The van der Waals surface area contributed by atoms with E-state index in [4.69, 9.17) is 28.9 Å². The average molecular weight is 811 g/mol. The largest absolute Gasteiger partial charge is 0.481 e. The number of hydrogen-bond acceptors (Lipinski definition) is 8. The maximum absolute atomic E-state index is 14.1. The number of hydrogen-bond donors (Lipinski definition) is 1. The molecule has 2 aliphatic carbocycles. The molecule has 1 N–H and O–H groups in total. The summed E-state index contributed by atoms with van der Waals surface area (Å²) in [6.45, 7) is 9.87. The molecular weight excluding hydrogens is 753 g/mol. The Morgan fingerprint density at radius 3 is 1.50 bits per heavy atom. The lowest BCUT2D eigenvalue weighted by molar-refractivity contribution is -0.124. The number of amides is 1. The molecule has 0 atom stereocenters. The third-order valence-corrected chi connectivity index (χ3v) is 13.5. The fourth-order valence-electron chi connectivity index (χ4n) is 10.6. The molecule has 11 nitrogen and oxygen atoms in total. The highest BCUT2D eigenvalue weighted by molar-refractivity contribution is 5.95. The van der Waals surface area contributed by atoms with E-state index >= 15 is 0 Å². The van der Waals surface area contributed by atoms with Gasteiger partial charge in [-0.25, -0.2) is 9.97 Å². The van der Waals surface area contributed by atoms with Crippen LogP contribution >= 0.6 is 0 Å².